The van der Waals surface area contributed by atoms with Crippen LogP contribution in [0.2, 0.25) is 0 Å². The zero-order chi connectivity index (χ0) is 19.2. The van der Waals surface area contributed by atoms with Crippen LogP contribution in [-0.2, 0) is 11.3 Å². The Morgan fingerprint density at radius 1 is 0.815 bits per heavy atom. The van der Waals surface area contributed by atoms with Crippen molar-refractivity contribution in [2.75, 3.05) is 26.2 Å². The lowest BCUT2D eigenvalue weighted by molar-refractivity contribution is -0.130. The van der Waals surface area contributed by atoms with Gasteiger partial charge in [0.15, 0.2) is 0 Å². The number of carbonyl (C=O) groups excluding carboxylic acids is 3. The van der Waals surface area contributed by atoms with Gasteiger partial charge in [0.1, 0.15) is 0 Å². The Bertz CT molecular complexity index is 810. The van der Waals surface area contributed by atoms with E-state index < -0.39 is 0 Å². The van der Waals surface area contributed by atoms with Crippen LogP contribution >= 0.6 is 0 Å². The largest absolute Gasteiger partial charge is 0.348 e. The van der Waals surface area contributed by atoms with E-state index in [9.17, 15) is 14.4 Å². The van der Waals surface area contributed by atoms with Crippen molar-refractivity contribution in [3.63, 3.8) is 0 Å². The van der Waals surface area contributed by atoms with E-state index in [2.05, 4.69) is 5.32 Å². The van der Waals surface area contributed by atoms with E-state index in [1.165, 1.54) is 0 Å². The lowest BCUT2D eigenvalue weighted by atomic mass is 10.1. The number of rotatable bonds is 4. The summed E-state index contributed by atoms with van der Waals surface area (Å²) in [6.07, 6.45) is 0. The van der Waals surface area contributed by atoms with Gasteiger partial charge >= 0.3 is 0 Å². The minimum atomic E-state index is -0.173. The molecule has 1 aliphatic heterocycles. The molecule has 3 amide bonds. The van der Waals surface area contributed by atoms with Gasteiger partial charge in [-0.2, -0.15) is 0 Å². The van der Waals surface area contributed by atoms with Gasteiger partial charge in [-0.25, -0.2) is 0 Å². The Kier molecular flexibility index (Phi) is 5.86. The number of hydrogen-bond acceptors (Lipinski definition) is 3. The summed E-state index contributed by atoms with van der Waals surface area (Å²) < 4.78 is 0. The van der Waals surface area contributed by atoms with Crippen LogP contribution in [0.25, 0.3) is 0 Å². The Balaban J connectivity index is 1.56. The topological polar surface area (TPSA) is 69.7 Å². The highest BCUT2D eigenvalue weighted by Crippen LogP contribution is 2.11. The minimum Gasteiger partial charge on any atom is -0.348 e. The van der Waals surface area contributed by atoms with Crippen molar-refractivity contribution in [2.45, 2.75) is 13.5 Å². The number of benzene rings is 2. The van der Waals surface area contributed by atoms with Gasteiger partial charge in [0.25, 0.3) is 11.8 Å². The summed E-state index contributed by atoms with van der Waals surface area (Å²) in [6.45, 7) is 4.16. The Morgan fingerprint density at radius 2 is 1.37 bits per heavy atom. The van der Waals surface area contributed by atoms with Crippen molar-refractivity contribution in [1.82, 2.24) is 15.1 Å². The normalized spacial score (nSPS) is 14.0. The standard InChI is InChI=1S/C21H23N3O3/c1-16(25)23-11-13-24(14-12-23)21(27)19-9-7-18(8-10-19)20(26)22-15-17-5-3-2-4-6-17/h2-10H,11-15H2,1H3,(H,22,26). The monoisotopic (exact) mass is 365 g/mol. The van der Waals surface area contributed by atoms with Gasteiger partial charge in [-0.1, -0.05) is 30.3 Å². The molecule has 1 fully saturated rings. The van der Waals surface area contributed by atoms with Crippen molar-refractivity contribution in [3.05, 3.63) is 71.3 Å². The minimum absolute atomic E-state index is 0.0352. The fourth-order valence-electron chi connectivity index (χ4n) is 3.05. The molecule has 3 rings (SSSR count). The fraction of sp³-hybridized carbons (Fsp3) is 0.286. The van der Waals surface area contributed by atoms with Crippen LogP contribution in [0, 0.1) is 0 Å². The van der Waals surface area contributed by atoms with Crippen LogP contribution in [0.1, 0.15) is 33.2 Å². The first-order valence-electron chi connectivity index (χ1n) is 9.01. The van der Waals surface area contributed by atoms with Gasteiger partial charge in [0.2, 0.25) is 5.91 Å². The van der Waals surface area contributed by atoms with Crippen molar-refractivity contribution in [1.29, 1.82) is 0 Å². The molecule has 0 aromatic heterocycles. The predicted octanol–water partition coefficient (Wildman–Crippen LogP) is 1.92. The first-order chi connectivity index (χ1) is 13.0. The molecule has 0 saturated carbocycles. The Hall–Kier alpha value is -3.15. The molecule has 1 aliphatic rings. The highest BCUT2D eigenvalue weighted by atomic mass is 16.2. The van der Waals surface area contributed by atoms with E-state index in [1.807, 2.05) is 30.3 Å². The number of nitrogens with zero attached hydrogens (tertiary/aromatic N) is 2. The maximum Gasteiger partial charge on any atom is 0.253 e. The highest BCUT2D eigenvalue weighted by molar-refractivity contribution is 5.97. The van der Waals surface area contributed by atoms with E-state index in [4.69, 9.17) is 0 Å². The molecule has 1 N–H and O–H groups in total. The molecule has 0 radical (unpaired) electrons. The third-order valence-electron chi connectivity index (χ3n) is 4.70. The van der Waals surface area contributed by atoms with Crippen molar-refractivity contribution >= 4 is 17.7 Å². The molecule has 0 unspecified atom stereocenters. The molecular formula is C21H23N3O3. The molecule has 2 aromatic rings. The molecular weight excluding hydrogens is 342 g/mol. The Morgan fingerprint density at radius 3 is 1.96 bits per heavy atom. The van der Waals surface area contributed by atoms with Crippen LogP contribution in [-0.4, -0.2) is 53.7 Å². The first-order valence-corrected chi connectivity index (χ1v) is 9.01. The molecule has 6 heteroatoms. The Labute approximate surface area is 158 Å². The lowest BCUT2D eigenvalue weighted by Gasteiger charge is -2.34. The number of carbonyl (C=O) groups is 3. The van der Waals surface area contributed by atoms with Crippen LogP contribution < -0.4 is 5.32 Å². The number of hydrogen-bond donors (Lipinski definition) is 1. The van der Waals surface area contributed by atoms with E-state index in [-0.39, 0.29) is 17.7 Å². The first kappa shape index (κ1) is 18.6. The summed E-state index contributed by atoms with van der Waals surface area (Å²) in [5.41, 5.74) is 2.09. The third-order valence-corrected chi connectivity index (χ3v) is 4.70. The molecule has 1 heterocycles. The maximum absolute atomic E-state index is 12.6. The van der Waals surface area contributed by atoms with Gasteiger partial charge in [-0.15, -0.1) is 0 Å². The predicted molar refractivity (Wildman–Crippen MR) is 102 cm³/mol. The molecule has 0 aliphatic carbocycles. The summed E-state index contributed by atoms with van der Waals surface area (Å²) in [5, 5.41) is 2.87. The third kappa shape index (κ3) is 4.73. The zero-order valence-electron chi connectivity index (χ0n) is 15.4. The second-order valence-electron chi connectivity index (χ2n) is 6.54. The van der Waals surface area contributed by atoms with E-state index in [0.29, 0.717) is 43.9 Å². The number of amides is 3. The van der Waals surface area contributed by atoms with Crippen molar-refractivity contribution in [3.8, 4) is 0 Å². The second-order valence-corrected chi connectivity index (χ2v) is 6.54. The average molecular weight is 365 g/mol. The molecule has 0 spiro atoms. The maximum atomic E-state index is 12.6. The second kappa shape index (κ2) is 8.49. The molecule has 6 nitrogen and oxygen atoms in total. The van der Waals surface area contributed by atoms with Gasteiger partial charge in [0, 0.05) is 50.8 Å². The molecule has 2 aromatic carbocycles. The number of piperazine rings is 1. The van der Waals surface area contributed by atoms with Crippen molar-refractivity contribution < 1.29 is 14.4 Å². The molecule has 0 bridgehead atoms. The van der Waals surface area contributed by atoms with Crippen LogP contribution in [0.3, 0.4) is 0 Å². The van der Waals surface area contributed by atoms with Crippen molar-refractivity contribution in [2.24, 2.45) is 0 Å². The van der Waals surface area contributed by atoms with Crippen LogP contribution in [0.15, 0.2) is 54.6 Å². The quantitative estimate of drug-likeness (QED) is 0.900. The highest BCUT2D eigenvalue weighted by Gasteiger charge is 2.23. The van der Waals surface area contributed by atoms with Gasteiger partial charge in [-0.05, 0) is 29.8 Å². The van der Waals surface area contributed by atoms with Gasteiger partial charge < -0.3 is 15.1 Å². The molecule has 27 heavy (non-hydrogen) atoms. The zero-order valence-corrected chi connectivity index (χ0v) is 15.4. The van der Waals surface area contributed by atoms with Gasteiger partial charge in [0.05, 0.1) is 0 Å². The lowest BCUT2D eigenvalue weighted by Crippen LogP contribution is -2.50. The fourth-order valence-corrected chi connectivity index (χ4v) is 3.05. The molecule has 140 valence electrons. The summed E-state index contributed by atoms with van der Waals surface area (Å²) in [4.78, 5) is 39.7. The van der Waals surface area contributed by atoms with E-state index in [1.54, 1.807) is 41.0 Å². The van der Waals surface area contributed by atoms with Crippen LogP contribution in [0.5, 0.6) is 0 Å². The van der Waals surface area contributed by atoms with Gasteiger partial charge in [-0.3, -0.25) is 14.4 Å². The SMILES string of the molecule is CC(=O)N1CCN(C(=O)c2ccc(C(=O)NCc3ccccc3)cc2)CC1. The average Bonchev–Trinajstić information content (AvgIpc) is 2.72. The van der Waals surface area contributed by atoms with Crippen LogP contribution in [0.4, 0.5) is 0 Å². The van der Waals surface area contributed by atoms with E-state index in [0.717, 1.165) is 5.56 Å². The molecule has 0 atom stereocenters. The smallest absolute Gasteiger partial charge is 0.253 e. The summed E-state index contributed by atoms with van der Waals surface area (Å²) in [5.74, 6) is -0.213. The summed E-state index contributed by atoms with van der Waals surface area (Å²) in [6, 6.07) is 16.4. The van der Waals surface area contributed by atoms with E-state index >= 15 is 0 Å². The number of nitrogens with one attached hydrogen (secondary N) is 1. The summed E-state index contributed by atoms with van der Waals surface area (Å²) in [7, 11) is 0. The summed E-state index contributed by atoms with van der Waals surface area (Å²) >= 11 is 0. The molecule has 1 saturated heterocycles.